The van der Waals surface area contributed by atoms with Gasteiger partial charge in [-0.3, -0.25) is 4.79 Å². The summed E-state index contributed by atoms with van der Waals surface area (Å²) in [6, 6.07) is 23.5. The number of esters is 1. The molecule has 3 aromatic carbocycles. The number of hydrogen-bond donors (Lipinski definition) is 0. The fraction of sp³-hybridized carbons (Fsp3) is 0.103. The van der Waals surface area contributed by atoms with Gasteiger partial charge in [-0.1, -0.05) is 54.6 Å². The van der Waals surface area contributed by atoms with E-state index in [-0.39, 0.29) is 22.9 Å². The third-order valence-corrected chi connectivity index (χ3v) is 6.04. The van der Waals surface area contributed by atoms with Crippen LogP contribution in [-0.4, -0.2) is 33.1 Å². The Kier molecular flexibility index (Phi) is 5.71. The average Bonchev–Trinajstić information content (AvgIpc) is 3.24. The molecule has 0 atom stereocenters. The minimum Gasteiger partial charge on any atom is -0.497 e. The van der Waals surface area contributed by atoms with E-state index in [2.05, 4.69) is 0 Å². The molecule has 0 radical (unpaired) electrons. The van der Waals surface area contributed by atoms with Gasteiger partial charge in [0.05, 0.1) is 32.5 Å². The zero-order valence-electron chi connectivity index (χ0n) is 19.5. The summed E-state index contributed by atoms with van der Waals surface area (Å²) in [5.41, 5.74) is 3.61. The molecule has 0 amide bonds. The van der Waals surface area contributed by atoms with Gasteiger partial charge in [0.2, 0.25) is 5.78 Å². The SMILES string of the molecule is COC1=C(c2ccc(OC)cc2)C2=C(c3ccc(OC)cc3)C(=O)OC2=C(c2ccccc2)C1=O. The van der Waals surface area contributed by atoms with Gasteiger partial charge in [-0.15, -0.1) is 0 Å². The van der Waals surface area contributed by atoms with Crippen LogP contribution < -0.4 is 9.47 Å². The van der Waals surface area contributed by atoms with E-state index in [1.54, 1.807) is 50.6 Å². The topological polar surface area (TPSA) is 71.1 Å². The Hall–Kier alpha value is -4.58. The Labute approximate surface area is 202 Å². The summed E-state index contributed by atoms with van der Waals surface area (Å²) in [4.78, 5) is 27.1. The van der Waals surface area contributed by atoms with Crippen LogP contribution >= 0.6 is 0 Å². The molecule has 2 aliphatic rings. The van der Waals surface area contributed by atoms with Crippen LogP contribution in [0, 0.1) is 0 Å². The number of ketones is 1. The molecule has 0 bridgehead atoms. The number of rotatable bonds is 6. The predicted octanol–water partition coefficient (Wildman–Crippen LogP) is 5.07. The first-order chi connectivity index (χ1) is 17.1. The van der Waals surface area contributed by atoms with Crippen LogP contribution in [0.15, 0.2) is 96.0 Å². The summed E-state index contributed by atoms with van der Waals surface area (Å²) >= 11 is 0. The van der Waals surface area contributed by atoms with E-state index >= 15 is 0 Å². The van der Waals surface area contributed by atoms with Crippen molar-refractivity contribution in [3.63, 3.8) is 0 Å². The number of fused-ring (bicyclic) bond motifs is 1. The second-order valence-electron chi connectivity index (χ2n) is 7.90. The van der Waals surface area contributed by atoms with Gasteiger partial charge in [-0.25, -0.2) is 4.79 Å². The van der Waals surface area contributed by atoms with Crippen molar-refractivity contribution in [1.82, 2.24) is 0 Å². The number of hydrogen-bond acceptors (Lipinski definition) is 6. The highest BCUT2D eigenvalue weighted by atomic mass is 16.5. The quantitative estimate of drug-likeness (QED) is 0.473. The predicted molar refractivity (Wildman–Crippen MR) is 131 cm³/mol. The van der Waals surface area contributed by atoms with E-state index in [1.165, 1.54) is 7.11 Å². The highest BCUT2D eigenvalue weighted by Crippen LogP contribution is 2.49. The number of allylic oxidation sites excluding steroid dienone is 2. The molecule has 6 nitrogen and oxygen atoms in total. The first-order valence-electron chi connectivity index (χ1n) is 11.0. The maximum atomic E-state index is 13.7. The monoisotopic (exact) mass is 466 g/mol. The fourth-order valence-corrected chi connectivity index (χ4v) is 4.38. The van der Waals surface area contributed by atoms with Crippen molar-refractivity contribution in [3.8, 4) is 11.5 Å². The highest BCUT2D eigenvalue weighted by Gasteiger charge is 2.44. The summed E-state index contributed by atoms with van der Waals surface area (Å²) in [5.74, 6) is 0.797. The third kappa shape index (κ3) is 3.69. The average molecular weight is 466 g/mol. The van der Waals surface area contributed by atoms with Crippen molar-refractivity contribution in [1.29, 1.82) is 0 Å². The number of Topliss-reactive ketones (excluding diaryl/α,β-unsaturated/α-hetero) is 1. The molecule has 1 heterocycles. The summed E-state index contributed by atoms with van der Waals surface area (Å²) in [6.07, 6.45) is 0. The Morgan fingerprint density at radius 2 is 1.06 bits per heavy atom. The van der Waals surface area contributed by atoms with Gasteiger partial charge in [0.25, 0.3) is 0 Å². The lowest BCUT2D eigenvalue weighted by molar-refractivity contribution is -0.131. The molecular weight excluding hydrogens is 444 g/mol. The zero-order chi connectivity index (χ0) is 24.5. The molecule has 0 spiro atoms. The lowest BCUT2D eigenvalue weighted by Gasteiger charge is -2.23. The molecule has 5 rings (SSSR count). The molecule has 0 saturated heterocycles. The molecule has 6 heteroatoms. The van der Waals surface area contributed by atoms with E-state index in [9.17, 15) is 9.59 Å². The lowest BCUT2D eigenvalue weighted by atomic mass is 9.81. The van der Waals surface area contributed by atoms with Crippen LogP contribution in [0.3, 0.4) is 0 Å². The van der Waals surface area contributed by atoms with E-state index < -0.39 is 5.97 Å². The third-order valence-electron chi connectivity index (χ3n) is 6.04. The van der Waals surface area contributed by atoms with E-state index in [0.717, 1.165) is 0 Å². The van der Waals surface area contributed by atoms with Crippen molar-refractivity contribution in [2.45, 2.75) is 0 Å². The minimum absolute atomic E-state index is 0.136. The van der Waals surface area contributed by atoms with Gasteiger partial charge in [0.15, 0.2) is 11.5 Å². The fourth-order valence-electron chi connectivity index (χ4n) is 4.38. The summed E-state index contributed by atoms with van der Waals surface area (Å²) in [7, 11) is 4.62. The van der Waals surface area contributed by atoms with Crippen LogP contribution in [0.5, 0.6) is 11.5 Å². The first kappa shape index (κ1) is 22.2. The molecule has 0 fully saturated rings. The molecule has 174 valence electrons. The number of benzene rings is 3. The normalized spacial score (nSPS) is 15.3. The Balaban J connectivity index is 1.84. The molecular formula is C29H22O6. The number of carbonyl (C=O) groups is 2. The summed E-state index contributed by atoms with van der Waals surface area (Å²) < 4.78 is 22.1. The van der Waals surface area contributed by atoms with Gasteiger partial charge in [0, 0.05) is 11.1 Å². The lowest BCUT2D eigenvalue weighted by Crippen LogP contribution is -2.18. The maximum Gasteiger partial charge on any atom is 0.344 e. The smallest absolute Gasteiger partial charge is 0.344 e. The van der Waals surface area contributed by atoms with Crippen LogP contribution in [-0.2, 0) is 19.1 Å². The van der Waals surface area contributed by atoms with Crippen molar-refractivity contribution in [2.75, 3.05) is 21.3 Å². The van der Waals surface area contributed by atoms with Crippen LogP contribution in [0.1, 0.15) is 16.7 Å². The van der Waals surface area contributed by atoms with E-state index in [4.69, 9.17) is 18.9 Å². The second-order valence-corrected chi connectivity index (χ2v) is 7.90. The Morgan fingerprint density at radius 1 is 0.543 bits per heavy atom. The van der Waals surface area contributed by atoms with Gasteiger partial charge < -0.3 is 18.9 Å². The van der Waals surface area contributed by atoms with Crippen molar-refractivity contribution < 1.29 is 28.5 Å². The maximum absolute atomic E-state index is 13.7. The van der Waals surface area contributed by atoms with Crippen molar-refractivity contribution in [3.05, 3.63) is 113 Å². The van der Waals surface area contributed by atoms with Gasteiger partial charge >= 0.3 is 5.97 Å². The molecule has 0 unspecified atom stereocenters. The van der Waals surface area contributed by atoms with Crippen LogP contribution in [0.4, 0.5) is 0 Å². The van der Waals surface area contributed by atoms with E-state index in [0.29, 0.717) is 44.9 Å². The van der Waals surface area contributed by atoms with Crippen LogP contribution in [0.2, 0.25) is 0 Å². The number of carbonyl (C=O) groups excluding carboxylic acids is 2. The van der Waals surface area contributed by atoms with Crippen molar-refractivity contribution >= 4 is 28.5 Å². The Bertz CT molecular complexity index is 1410. The largest absolute Gasteiger partial charge is 0.497 e. The molecule has 35 heavy (non-hydrogen) atoms. The van der Waals surface area contributed by atoms with Gasteiger partial charge in [-0.2, -0.15) is 0 Å². The minimum atomic E-state index is -0.537. The molecule has 1 aliphatic carbocycles. The van der Waals surface area contributed by atoms with Gasteiger partial charge in [0.1, 0.15) is 11.5 Å². The standard InChI is InChI=1S/C29H22O6/c1-32-20-13-9-18(10-14-20)22-25-23(19-11-15-21(33-2)16-12-19)29(31)35-27(25)24(26(30)28(22)34-3)17-7-5-4-6-8-17/h4-16H,1-3H3. The second kappa shape index (κ2) is 8.99. The molecule has 0 aromatic heterocycles. The number of methoxy groups -OCH3 is 3. The summed E-state index contributed by atoms with van der Waals surface area (Å²) in [5, 5.41) is 0. The zero-order valence-corrected chi connectivity index (χ0v) is 19.5. The van der Waals surface area contributed by atoms with Crippen LogP contribution in [0.25, 0.3) is 16.7 Å². The molecule has 0 N–H and O–H groups in total. The highest BCUT2D eigenvalue weighted by molar-refractivity contribution is 6.38. The number of ether oxygens (including phenoxy) is 4. The first-order valence-corrected chi connectivity index (χ1v) is 11.0. The Morgan fingerprint density at radius 3 is 1.57 bits per heavy atom. The van der Waals surface area contributed by atoms with E-state index in [1.807, 2.05) is 42.5 Å². The van der Waals surface area contributed by atoms with Crippen molar-refractivity contribution in [2.24, 2.45) is 0 Å². The summed E-state index contributed by atoms with van der Waals surface area (Å²) in [6.45, 7) is 0. The van der Waals surface area contributed by atoms with Gasteiger partial charge in [-0.05, 0) is 41.0 Å². The molecule has 3 aromatic rings. The molecule has 0 saturated carbocycles. The molecule has 1 aliphatic heterocycles.